The van der Waals surface area contributed by atoms with E-state index in [1.165, 1.54) is 0 Å². The number of hydrogen-bond donors (Lipinski definition) is 2. The molecule has 0 spiro atoms. The first kappa shape index (κ1) is 15.6. The lowest BCUT2D eigenvalue weighted by Gasteiger charge is -2.16. The Hall–Kier alpha value is -2.34. The first-order valence-electron chi connectivity index (χ1n) is 7.79. The minimum atomic E-state index is -0.107. The molecule has 1 saturated heterocycles. The number of benzene rings is 1. The number of carbonyl (C=O) groups excluding carboxylic acids is 2. The summed E-state index contributed by atoms with van der Waals surface area (Å²) in [5.74, 6) is 0.191. The fourth-order valence-corrected chi connectivity index (χ4v) is 2.94. The zero-order valence-electron chi connectivity index (χ0n) is 13.2. The molecule has 0 aliphatic carbocycles. The minimum absolute atomic E-state index is 0.107. The monoisotopic (exact) mass is 315 g/mol. The van der Waals surface area contributed by atoms with Crippen LogP contribution in [-0.2, 0) is 9.53 Å². The molecule has 1 fully saturated rings. The van der Waals surface area contributed by atoms with Crippen molar-refractivity contribution < 1.29 is 14.3 Å². The second-order valence-electron chi connectivity index (χ2n) is 5.89. The van der Waals surface area contributed by atoms with Gasteiger partial charge in [-0.1, -0.05) is 6.07 Å². The number of ether oxygens (including phenoxy) is 1. The highest BCUT2D eigenvalue weighted by Crippen LogP contribution is 2.17. The van der Waals surface area contributed by atoms with Crippen LogP contribution in [0.3, 0.4) is 0 Å². The summed E-state index contributed by atoms with van der Waals surface area (Å²) in [6, 6.07) is 7.55. The van der Waals surface area contributed by atoms with Gasteiger partial charge < -0.3 is 19.9 Å². The Bertz CT molecular complexity index is 710. The molecule has 23 heavy (non-hydrogen) atoms. The van der Waals surface area contributed by atoms with E-state index in [1.807, 2.05) is 30.5 Å². The number of aromatic nitrogens is 1. The van der Waals surface area contributed by atoms with E-state index in [4.69, 9.17) is 4.74 Å². The number of rotatable bonds is 6. The molecule has 2 N–H and O–H groups in total. The number of nitrogens with one attached hydrogen (secondary N) is 2. The van der Waals surface area contributed by atoms with Gasteiger partial charge in [-0.15, -0.1) is 0 Å². The molecular formula is C17H21N3O3. The first-order chi connectivity index (χ1) is 11.2. The van der Waals surface area contributed by atoms with Crippen molar-refractivity contribution in [3.05, 3.63) is 36.0 Å². The van der Waals surface area contributed by atoms with Crippen LogP contribution in [0.4, 0.5) is 0 Å². The number of H-pyrrole nitrogens is 1. The highest BCUT2D eigenvalue weighted by molar-refractivity contribution is 5.97. The topological polar surface area (TPSA) is 74.4 Å². The SMILES string of the molecule is COCCN1CC(CNC(=O)c2ccc3cc[nH]c3c2)CC1=O. The Morgan fingerprint density at radius 1 is 1.43 bits per heavy atom. The summed E-state index contributed by atoms with van der Waals surface area (Å²) in [5, 5.41) is 4.01. The van der Waals surface area contributed by atoms with Gasteiger partial charge in [-0.3, -0.25) is 9.59 Å². The average molecular weight is 315 g/mol. The molecule has 6 nitrogen and oxygen atoms in total. The molecule has 2 heterocycles. The van der Waals surface area contributed by atoms with Crippen LogP contribution in [0, 0.1) is 5.92 Å². The lowest BCUT2D eigenvalue weighted by molar-refractivity contribution is -0.128. The van der Waals surface area contributed by atoms with E-state index in [1.54, 1.807) is 12.0 Å². The van der Waals surface area contributed by atoms with E-state index >= 15 is 0 Å². The Morgan fingerprint density at radius 3 is 3.13 bits per heavy atom. The minimum Gasteiger partial charge on any atom is -0.383 e. The normalized spacial score (nSPS) is 17.9. The first-order valence-corrected chi connectivity index (χ1v) is 7.79. The van der Waals surface area contributed by atoms with Gasteiger partial charge in [0.2, 0.25) is 5.91 Å². The Morgan fingerprint density at radius 2 is 2.30 bits per heavy atom. The summed E-state index contributed by atoms with van der Waals surface area (Å²) in [5.41, 5.74) is 1.57. The van der Waals surface area contributed by atoms with Gasteiger partial charge in [0.05, 0.1) is 6.61 Å². The average Bonchev–Trinajstić information content (AvgIpc) is 3.16. The van der Waals surface area contributed by atoms with Crippen LogP contribution in [0.2, 0.25) is 0 Å². The number of hydrogen-bond acceptors (Lipinski definition) is 3. The molecule has 1 aromatic heterocycles. The van der Waals surface area contributed by atoms with Gasteiger partial charge in [-0.2, -0.15) is 0 Å². The molecule has 122 valence electrons. The predicted molar refractivity (Wildman–Crippen MR) is 87.2 cm³/mol. The van der Waals surface area contributed by atoms with Gasteiger partial charge in [-0.05, 0) is 23.6 Å². The van der Waals surface area contributed by atoms with Crippen LogP contribution in [0.1, 0.15) is 16.8 Å². The Balaban J connectivity index is 1.54. The molecule has 1 aromatic carbocycles. The van der Waals surface area contributed by atoms with E-state index in [0.29, 0.717) is 38.2 Å². The van der Waals surface area contributed by atoms with Gasteiger partial charge >= 0.3 is 0 Å². The van der Waals surface area contributed by atoms with Gasteiger partial charge in [0.25, 0.3) is 5.91 Å². The summed E-state index contributed by atoms with van der Waals surface area (Å²) in [6.07, 6.45) is 2.34. The van der Waals surface area contributed by atoms with Gasteiger partial charge in [0.15, 0.2) is 0 Å². The molecule has 1 aliphatic rings. The maximum Gasteiger partial charge on any atom is 0.251 e. The molecule has 2 aromatic rings. The summed E-state index contributed by atoms with van der Waals surface area (Å²) >= 11 is 0. The van der Waals surface area contributed by atoms with Crippen LogP contribution < -0.4 is 5.32 Å². The van der Waals surface area contributed by atoms with E-state index in [0.717, 1.165) is 10.9 Å². The fraction of sp³-hybridized carbons (Fsp3) is 0.412. The molecule has 1 atom stereocenters. The molecule has 1 unspecified atom stereocenters. The van der Waals surface area contributed by atoms with Crippen LogP contribution in [0.25, 0.3) is 10.9 Å². The van der Waals surface area contributed by atoms with E-state index in [9.17, 15) is 9.59 Å². The quantitative estimate of drug-likeness (QED) is 0.846. The van der Waals surface area contributed by atoms with Crippen LogP contribution in [-0.4, -0.2) is 55.0 Å². The summed E-state index contributed by atoms with van der Waals surface area (Å²) < 4.78 is 5.01. The van der Waals surface area contributed by atoms with Crippen LogP contribution in [0.5, 0.6) is 0 Å². The number of fused-ring (bicyclic) bond motifs is 1. The second-order valence-corrected chi connectivity index (χ2v) is 5.89. The number of aromatic amines is 1. The van der Waals surface area contributed by atoms with Crippen molar-refractivity contribution in [3.8, 4) is 0 Å². The largest absolute Gasteiger partial charge is 0.383 e. The number of nitrogens with zero attached hydrogens (tertiary/aromatic N) is 1. The van der Waals surface area contributed by atoms with E-state index < -0.39 is 0 Å². The smallest absolute Gasteiger partial charge is 0.251 e. The highest BCUT2D eigenvalue weighted by atomic mass is 16.5. The molecule has 0 saturated carbocycles. The molecule has 3 rings (SSSR count). The maximum atomic E-state index is 12.3. The van der Waals surface area contributed by atoms with Crippen LogP contribution in [0.15, 0.2) is 30.5 Å². The van der Waals surface area contributed by atoms with Crippen molar-refractivity contribution in [1.82, 2.24) is 15.2 Å². The number of likely N-dealkylation sites (tertiary alicyclic amines) is 1. The van der Waals surface area contributed by atoms with Crippen molar-refractivity contribution in [2.45, 2.75) is 6.42 Å². The molecule has 2 amide bonds. The summed E-state index contributed by atoms with van der Waals surface area (Å²) in [6.45, 7) is 2.35. The molecule has 1 aliphatic heterocycles. The molecule has 0 radical (unpaired) electrons. The molecule has 0 bridgehead atoms. The van der Waals surface area contributed by atoms with E-state index in [2.05, 4.69) is 10.3 Å². The van der Waals surface area contributed by atoms with Crippen LogP contribution >= 0.6 is 0 Å². The number of amides is 2. The summed E-state index contributed by atoms with van der Waals surface area (Å²) in [4.78, 5) is 29.0. The molecule has 6 heteroatoms. The Kier molecular flexibility index (Phi) is 4.62. The van der Waals surface area contributed by atoms with E-state index in [-0.39, 0.29) is 17.7 Å². The zero-order chi connectivity index (χ0) is 16.2. The lowest BCUT2D eigenvalue weighted by Crippen LogP contribution is -2.32. The Labute approximate surface area is 134 Å². The fourth-order valence-electron chi connectivity index (χ4n) is 2.94. The molecular weight excluding hydrogens is 294 g/mol. The van der Waals surface area contributed by atoms with Crippen molar-refractivity contribution in [2.24, 2.45) is 5.92 Å². The summed E-state index contributed by atoms with van der Waals surface area (Å²) in [7, 11) is 1.62. The maximum absolute atomic E-state index is 12.3. The highest BCUT2D eigenvalue weighted by Gasteiger charge is 2.29. The third-order valence-corrected chi connectivity index (χ3v) is 4.23. The van der Waals surface area contributed by atoms with Gasteiger partial charge in [0, 0.05) is 56.4 Å². The second kappa shape index (κ2) is 6.83. The third kappa shape index (κ3) is 3.53. The van der Waals surface area contributed by atoms with Crippen molar-refractivity contribution in [3.63, 3.8) is 0 Å². The number of methoxy groups -OCH3 is 1. The predicted octanol–water partition coefficient (Wildman–Crippen LogP) is 1.39. The zero-order valence-corrected chi connectivity index (χ0v) is 13.2. The van der Waals surface area contributed by atoms with Gasteiger partial charge in [-0.25, -0.2) is 0 Å². The van der Waals surface area contributed by atoms with Crippen molar-refractivity contribution >= 4 is 22.7 Å². The number of carbonyl (C=O) groups is 2. The van der Waals surface area contributed by atoms with Crippen molar-refractivity contribution in [2.75, 3.05) is 33.4 Å². The van der Waals surface area contributed by atoms with Gasteiger partial charge in [0.1, 0.15) is 0 Å². The standard InChI is InChI=1S/C17H21N3O3/c1-23-7-6-20-11-12(8-16(20)21)10-19-17(22)14-3-2-13-4-5-18-15(13)9-14/h2-5,9,12,18H,6-8,10-11H2,1H3,(H,19,22). The lowest BCUT2D eigenvalue weighted by atomic mass is 10.1. The van der Waals surface area contributed by atoms with Crippen molar-refractivity contribution in [1.29, 1.82) is 0 Å². The third-order valence-electron chi connectivity index (χ3n) is 4.23.